The Morgan fingerprint density at radius 2 is 1.71 bits per heavy atom. The SMILES string of the molecule is O=C(c1ccccc1)C1CCN(C(=O)c2ccc(F)cc2Cl)CC1. The summed E-state index contributed by atoms with van der Waals surface area (Å²) >= 11 is 5.96. The van der Waals surface area contributed by atoms with Crippen LogP contribution < -0.4 is 0 Å². The van der Waals surface area contributed by atoms with Crippen LogP contribution in [0.1, 0.15) is 33.6 Å². The molecule has 0 spiro atoms. The summed E-state index contributed by atoms with van der Waals surface area (Å²) in [5.74, 6) is -0.628. The molecule has 2 aromatic carbocycles. The Morgan fingerprint density at radius 1 is 1.04 bits per heavy atom. The molecule has 0 saturated carbocycles. The van der Waals surface area contributed by atoms with Gasteiger partial charge in [-0.1, -0.05) is 41.9 Å². The van der Waals surface area contributed by atoms with Gasteiger partial charge in [-0.15, -0.1) is 0 Å². The first-order valence-corrected chi connectivity index (χ1v) is 8.27. The molecule has 0 N–H and O–H groups in total. The Morgan fingerprint density at radius 3 is 2.33 bits per heavy atom. The van der Waals surface area contributed by atoms with E-state index in [1.807, 2.05) is 30.3 Å². The maximum atomic E-state index is 13.1. The first kappa shape index (κ1) is 16.7. The van der Waals surface area contributed by atoms with Gasteiger partial charge in [0.1, 0.15) is 5.82 Å². The number of hydrogen-bond donors (Lipinski definition) is 0. The summed E-state index contributed by atoms with van der Waals surface area (Å²) in [6.45, 7) is 0.992. The second kappa shape index (κ2) is 7.14. The molecule has 2 aromatic rings. The molecule has 3 nitrogen and oxygen atoms in total. The van der Waals surface area contributed by atoms with Crippen LogP contribution in [0.2, 0.25) is 5.02 Å². The van der Waals surface area contributed by atoms with Crippen LogP contribution in [0.4, 0.5) is 4.39 Å². The van der Waals surface area contributed by atoms with E-state index < -0.39 is 5.82 Å². The van der Waals surface area contributed by atoms with Gasteiger partial charge in [0.25, 0.3) is 5.91 Å². The van der Waals surface area contributed by atoms with Gasteiger partial charge in [-0.25, -0.2) is 4.39 Å². The smallest absolute Gasteiger partial charge is 0.255 e. The van der Waals surface area contributed by atoms with Crippen LogP contribution in [0, 0.1) is 11.7 Å². The predicted molar refractivity (Wildman–Crippen MR) is 90.8 cm³/mol. The molecule has 0 bridgehead atoms. The number of Topliss-reactive ketones (excluding diaryl/α,β-unsaturated/α-hetero) is 1. The van der Waals surface area contributed by atoms with Crippen molar-refractivity contribution in [3.8, 4) is 0 Å². The average molecular weight is 346 g/mol. The first-order valence-electron chi connectivity index (χ1n) is 7.90. The fraction of sp³-hybridized carbons (Fsp3) is 0.263. The molecular formula is C19H17ClFNO2. The largest absolute Gasteiger partial charge is 0.339 e. The predicted octanol–water partition coefficient (Wildman–Crippen LogP) is 4.21. The second-order valence-corrected chi connectivity index (χ2v) is 6.33. The van der Waals surface area contributed by atoms with Gasteiger partial charge < -0.3 is 4.90 Å². The highest BCUT2D eigenvalue weighted by atomic mass is 35.5. The first-order chi connectivity index (χ1) is 11.6. The van der Waals surface area contributed by atoms with E-state index in [0.29, 0.717) is 37.1 Å². The number of nitrogens with zero attached hydrogens (tertiary/aromatic N) is 1. The molecule has 0 radical (unpaired) electrons. The zero-order chi connectivity index (χ0) is 17.1. The lowest BCUT2D eigenvalue weighted by Gasteiger charge is -2.31. The van der Waals surface area contributed by atoms with Crippen molar-refractivity contribution in [3.63, 3.8) is 0 Å². The second-order valence-electron chi connectivity index (χ2n) is 5.92. The molecule has 1 aliphatic rings. The van der Waals surface area contributed by atoms with Gasteiger partial charge in [-0.2, -0.15) is 0 Å². The maximum Gasteiger partial charge on any atom is 0.255 e. The van der Waals surface area contributed by atoms with Crippen LogP contribution in [-0.2, 0) is 0 Å². The number of carbonyl (C=O) groups excluding carboxylic acids is 2. The number of halogens is 2. The summed E-state index contributed by atoms with van der Waals surface area (Å²) in [5, 5.41) is 0.113. The van der Waals surface area contributed by atoms with Crippen LogP contribution in [0.3, 0.4) is 0 Å². The summed E-state index contributed by atoms with van der Waals surface area (Å²) in [6.07, 6.45) is 1.25. The molecule has 1 aliphatic heterocycles. The molecule has 0 unspecified atom stereocenters. The van der Waals surface area contributed by atoms with E-state index in [1.54, 1.807) is 4.90 Å². The lowest BCUT2D eigenvalue weighted by molar-refractivity contribution is 0.0650. The molecule has 0 atom stereocenters. The molecule has 24 heavy (non-hydrogen) atoms. The topological polar surface area (TPSA) is 37.4 Å². The third-order valence-electron chi connectivity index (χ3n) is 4.37. The van der Waals surface area contributed by atoms with E-state index >= 15 is 0 Å². The molecule has 0 aromatic heterocycles. The van der Waals surface area contributed by atoms with Gasteiger partial charge in [0.2, 0.25) is 0 Å². The third kappa shape index (κ3) is 3.49. The molecule has 5 heteroatoms. The zero-order valence-electron chi connectivity index (χ0n) is 13.0. The monoisotopic (exact) mass is 345 g/mol. The number of carbonyl (C=O) groups is 2. The fourth-order valence-corrected chi connectivity index (χ4v) is 3.26. The lowest BCUT2D eigenvalue weighted by Crippen LogP contribution is -2.40. The number of rotatable bonds is 3. The van der Waals surface area contributed by atoms with E-state index in [0.717, 1.165) is 6.07 Å². The third-order valence-corrected chi connectivity index (χ3v) is 4.69. The van der Waals surface area contributed by atoms with Crippen LogP contribution in [-0.4, -0.2) is 29.7 Å². The summed E-state index contributed by atoms with van der Waals surface area (Å²) in [7, 11) is 0. The van der Waals surface area contributed by atoms with Gasteiger partial charge in [0.15, 0.2) is 5.78 Å². The normalized spacial score (nSPS) is 15.3. The highest BCUT2D eigenvalue weighted by Crippen LogP contribution is 2.25. The van der Waals surface area contributed by atoms with Crippen molar-refractivity contribution in [2.45, 2.75) is 12.8 Å². The van der Waals surface area contributed by atoms with E-state index in [4.69, 9.17) is 11.6 Å². The minimum absolute atomic E-state index is 0.0693. The van der Waals surface area contributed by atoms with Gasteiger partial charge in [0, 0.05) is 24.6 Å². The number of likely N-dealkylation sites (tertiary alicyclic amines) is 1. The van der Waals surface area contributed by atoms with Crippen molar-refractivity contribution in [2.24, 2.45) is 5.92 Å². The van der Waals surface area contributed by atoms with Crippen LogP contribution in [0.5, 0.6) is 0 Å². The lowest BCUT2D eigenvalue weighted by atomic mass is 9.88. The van der Waals surface area contributed by atoms with Crippen LogP contribution in [0.15, 0.2) is 48.5 Å². The minimum Gasteiger partial charge on any atom is -0.339 e. The fourth-order valence-electron chi connectivity index (χ4n) is 3.02. The Labute approximate surface area is 145 Å². The zero-order valence-corrected chi connectivity index (χ0v) is 13.8. The van der Waals surface area contributed by atoms with E-state index in [9.17, 15) is 14.0 Å². The van der Waals surface area contributed by atoms with Gasteiger partial charge in [-0.05, 0) is 31.0 Å². The van der Waals surface area contributed by atoms with Crippen molar-refractivity contribution in [1.29, 1.82) is 0 Å². The Bertz CT molecular complexity index is 755. The highest BCUT2D eigenvalue weighted by Gasteiger charge is 2.29. The number of amides is 1. The molecule has 0 aliphatic carbocycles. The quantitative estimate of drug-likeness (QED) is 0.781. The Kier molecular flexibility index (Phi) is 4.95. The van der Waals surface area contributed by atoms with Crippen molar-refractivity contribution >= 4 is 23.3 Å². The van der Waals surface area contributed by atoms with Crippen molar-refractivity contribution in [2.75, 3.05) is 13.1 Å². The maximum absolute atomic E-state index is 13.1. The highest BCUT2D eigenvalue weighted by molar-refractivity contribution is 6.33. The number of benzene rings is 2. The molecule has 1 heterocycles. The molecule has 1 amide bonds. The van der Waals surface area contributed by atoms with Gasteiger partial charge >= 0.3 is 0 Å². The van der Waals surface area contributed by atoms with Crippen molar-refractivity contribution < 1.29 is 14.0 Å². The number of hydrogen-bond acceptors (Lipinski definition) is 2. The average Bonchev–Trinajstić information content (AvgIpc) is 2.61. The summed E-state index contributed by atoms with van der Waals surface area (Å²) in [6, 6.07) is 13.0. The van der Waals surface area contributed by atoms with Gasteiger partial charge in [0.05, 0.1) is 10.6 Å². The van der Waals surface area contributed by atoms with Crippen LogP contribution >= 0.6 is 11.6 Å². The molecular weight excluding hydrogens is 329 g/mol. The molecule has 1 saturated heterocycles. The number of piperidine rings is 1. The van der Waals surface area contributed by atoms with E-state index in [1.165, 1.54) is 12.1 Å². The van der Waals surface area contributed by atoms with Gasteiger partial charge in [-0.3, -0.25) is 9.59 Å². The molecule has 124 valence electrons. The minimum atomic E-state index is -0.469. The number of ketones is 1. The van der Waals surface area contributed by atoms with E-state index in [-0.39, 0.29) is 22.6 Å². The standard InChI is InChI=1S/C19H17ClFNO2/c20-17-12-15(21)6-7-16(17)19(24)22-10-8-14(9-11-22)18(23)13-4-2-1-3-5-13/h1-7,12,14H,8-11H2. The Hall–Kier alpha value is -2.20. The molecule has 3 rings (SSSR count). The Balaban J connectivity index is 1.64. The van der Waals surface area contributed by atoms with E-state index in [2.05, 4.69) is 0 Å². The van der Waals surface area contributed by atoms with Crippen molar-refractivity contribution in [3.05, 3.63) is 70.5 Å². The summed E-state index contributed by atoms with van der Waals surface area (Å²) in [5.41, 5.74) is 1.01. The summed E-state index contributed by atoms with van der Waals surface area (Å²) < 4.78 is 13.1. The summed E-state index contributed by atoms with van der Waals surface area (Å²) in [4.78, 5) is 26.7. The van der Waals surface area contributed by atoms with Crippen LogP contribution in [0.25, 0.3) is 0 Å². The van der Waals surface area contributed by atoms with Crippen molar-refractivity contribution in [1.82, 2.24) is 4.90 Å². The molecule has 1 fully saturated rings.